The highest BCUT2D eigenvalue weighted by Gasteiger charge is 2.38. The topological polar surface area (TPSA) is 18.5 Å². The van der Waals surface area contributed by atoms with Crippen molar-refractivity contribution in [3.8, 4) is 0 Å². The number of hydrogen-bond acceptors (Lipinski definition) is 2. The Bertz CT molecular complexity index is 460. The third-order valence-electron chi connectivity index (χ3n) is 4.54. The normalized spacial score (nSPS) is 16.0. The average Bonchev–Trinajstić information content (AvgIpc) is 2.46. The van der Waals surface area contributed by atoms with Crippen molar-refractivity contribution in [2.75, 3.05) is 7.11 Å². The molecule has 2 nitrogen and oxygen atoms in total. The smallest absolute Gasteiger partial charge is 0.192 e. The molecule has 2 atom stereocenters. The van der Waals surface area contributed by atoms with Gasteiger partial charge in [0.25, 0.3) is 0 Å². The van der Waals surface area contributed by atoms with Crippen molar-refractivity contribution in [2.45, 2.75) is 64.5 Å². The molecular weight excluding hydrogens is 288 g/mol. The first-order valence-corrected chi connectivity index (χ1v) is 11.1. The van der Waals surface area contributed by atoms with Crippen LogP contribution in [0.2, 0.25) is 18.1 Å². The lowest BCUT2D eigenvalue weighted by atomic mass is 10.1. The maximum atomic E-state index is 6.48. The van der Waals surface area contributed by atoms with Crippen molar-refractivity contribution < 1.29 is 9.16 Å². The minimum Gasteiger partial charge on any atom is -0.411 e. The van der Waals surface area contributed by atoms with E-state index < -0.39 is 8.32 Å². The fourth-order valence-corrected chi connectivity index (χ4v) is 3.36. The van der Waals surface area contributed by atoms with Crippen molar-refractivity contribution in [2.24, 2.45) is 0 Å². The van der Waals surface area contributed by atoms with Crippen molar-refractivity contribution >= 4 is 8.32 Å². The Morgan fingerprint density at radius 2 is 1.68 bits per heavy atom. The summed E-state index contributed by atoms with van der Waals surface area (Å²) >= 11 is 0. The van der Waals surface area contributed by atoms with Gasteiger partial charge in [-0.1, -0.05) is 70.2 Å². The monoisotopic (exact) mass is 320 g/mol. The minimum absolute atomic E-state index is 0.0155. The summed E-state index contributed by atoms with van der Waals surface area (Å²) in [5, 5.41) is 0.231. The lowest BCUT2D eigenvalue weighted by Gasteiger charge is -2.38. The molecule has 0 bridgehead atoms. The molecule has 0 heterocycles. The number of ether oxygens (including phenoxy) is 1. The highest BCUT2D eigenvalue weighted by atomic mass is 28.4. The largest absolute Gasteiger partial charge is 0.411 e. The van der Waals surface area contributed by atoms with Gasteiger partial charge in [-0.05, 0) is 30.1 Å². The quantitative estimate of drug-likeness (QED) is 0.472. The maximum absolute atomic E-state index is 6.48. The molecule has 0 radical (unpaired) electrons. The molecule has 0 saturated heterocycles. The Kier molecular flexibility index (Phi) is 7.04. The van der Waals surface area contributed by atoms with Gasteiger partial charge in [0.15, 0.2) is 8.32 Å². The molecule has 1 aromatic rings. The summed E-state index contributed by atoms with van der Waals surface area (Å²) in [5.74, 6) is 0. The van der Waals surface area contributed by atoms with Crippen LogP contribution in [0.1, 0.15) is 45.8 Å². The Morgan fingerprint density at radius 3 is 2.14 bits per heavy atom. The second-order valence-electron chi connectivity index (χ2n) is 7.28. The molecule has 0 spiro atoms. The first-order valence-electron chi connectivity index (χ1n) is 8.15. The second-order valence-corrected chi connectivity index (χ2v) is 12.0. The van der Waals surface area contributed by atoms with Gasteiger partial charge in [-0.15, -0.1) is 0 Å². The summed E-state index contributed by atoms with van der Waals surface area (Å²) in [6, 6.07) is 10.3. The van der Waals surface area contributed by atoms with E-state index in [1.54, 1.807) is 7.11 Å². The fraction of sp³-hybridized carbons (Fsp3) is 0.579. The van der Waals surface area contributed by atoms with Crippen LogP contribution in [0.3, 0.4) is 0 Å². The molecule has 0 fully saturated rings. The third kappa shape index (κ3) is 5.38. The number of rotatable bonds is 7. The Balaban J connectivity index is 2.80. The first-order chi connectivity index (χ1) is 10.2. The summed E-state index contributed by atoms with van der Waals surface area (Å²) in [7, 11) is 0.00517. The molecule has 22 heavy (non-hydrogen) atoms. The molecule has 1 aromatic carbocycles. The van der Waals surface area contributed by atoms with E-state index in [1.165, 1.54) is 5.56 Å². The predicted molar refractivity (Wildman–Crippen MR) is 97.7 cm³/mol. The van der Waals surface area contributed by atoms with Gasteiger partial charge < -0.3 is 9.16 Å². The van der Waals surface area contributed by atoms with Gasteiger partial charge in [-0.25, -0.2) is 0 Å². The SMILES string of the molecule is CC[C@@H](/C=C/C(OC)c1ccccc1)O[Si](C)(C)C(C)(C)C. The van der Waals surface area contributed by atoms with Gasteiger partial charge >= 0.3 is 0 Å². The van der Waals surface area contributed by atoms with Crippen molar-refractivity contribution in [3.05, 3.63) is 48.0 Å². The van der Waals surface area contributed by atoms with E-state index in [0.29, 0.717) is 0 Å². The van der Waals surface area contributed by atoms with Gasteiger partial charge in [0.05, 0.1) is 6.10 Å². The molecule has 0 amide bonds. The van der Waals surface area contributed by atoms with E-state index in [2.05, 4.69) is 65.1 Å². The van der Waals surface area contributed by atoms with Crippen LogP contribution >= 0.6 is 0 Å². The fourth-order valence-electron chi connectivity index (χ4n) is 2.01. The first kappa shape index (κ1) is 19.1. The summed E-state index contributed by atoms with van der Waals surface area (Å²) in [6.07, 6.45) is 5.41. The van der Waals surface area contributed by atoms with Crippen LogP contribution in [0.15, 0.2) is 42.5 Å². The van der Waals surface area contributed by atoms with Crippen LogP contribution in [-0.4, -0.2) is 21.5 Å². The molecule has 0 aliphatic heterocycles. The van der Waals surface area contributed by atoms with Crippen LogP contribution in [0.5, 0.6) is 0 Å². The maximum Gasteiger partial charge on any atom is 0.192 e. The third-order valence-corrected chi connectivity index (χ3v) is 9.04. The van der Waals surface area contributed by atoms with E-state index in [-0.39, 0.29) is 17.2 Å². The zero-order valence-electron chi connectivity index (χ0n) is 15.2. The average molecular weight is 321 g/mol. The number of methoxy groups -OCH3 is 1. The Labute approximate surface area is 137 Å². The Morgan fingerprint density at radius 1 is 1.09 bits per heavy atom. The van der Waals surface area contributed by atoms with E-state index in [0.717, 1.165) is 6.42 Å². The predicted octanol–water partition coefficient (Wildman–Crippen LogP) is 5.73. The van der Waals surface area contributed by atoms with Crippen LogP contribution < -0.4 is 0 Å². The summed E-state index contributed by atoms with van der Waals surface area (Å²) in [6.45, 7) is 13.6. The zero-order valence-corrected chi connectivity index (χ0v) is 16.2. The van der Waals surface area contributed by atoms with Crippen LogP contribution in [0.4, 0.5) is 0 Å². The van der Waals surface area contributed by atoms with E-state index >= 15 is 0 Å². The van der Waals surface area contributed by atoms with Crippen molar-refractivity contribution in [3.63, 3.8) is 0 Å². The summed E-state index contributed by atoms with van der Waals surface area (Å²) < 4.78 is 12.1. The molecule has 0 aromatic heterocycles. The lowest BCUT2D eigenvalue weighted by Crippen LogP contribution is -2.43. The highest BCUT2D eigenvalue weighted by molar-refractivity contribution is 6.74. The van der Waals surface area contributed by atoms with Gasteiger partial charge in [0.1, 0.15) is 6.10 Å². The molecule has 0 aliphatic carbocycles. The summed E-state index contributed by atoms with van der Waals surface area (Å²) in [5.41, 5.74) is 1.17. The van der Waals surface area contributed by atoms with Crippen LogP contribution in [0.25, 0.3) is 0 Å². The van der Waals surface area contributed by atoms with E-state index in [4.69, 9.17) is 9.16 Å². The molecule has 1 unspecified atom stereocenters. The minimum atomic E-state index is -1.74. The highest BCUT2D eigenvalue weighted by Crippen LogP contribution is 2.37. The molecule has 3 heteroatoms. The van der Waals surface area contributed by atoms with Gasteiger partial charge in [0.2, 0.25) is 0 Å². The van der Waals surface area contributed by atoms with Crippen LogP contribution in [0, 0.1) is 0 Å². The summed E-state index contributed by atoms with van der Waals surface area (Å²) in [4.78, 5) is 0. The Hall–Kier alpha value is -0.903. The standard InChI is InChI=1S/C19H32O2Si/c1-8-17(21-22(6,7)19(2,3)4)14-15-18(20-5)16-12-10-9-11-13-16/h9-15,17-18H,8H2,1-7H3/b15-14+/t17-,18?/m0/s1. The van der Waals surface area contributed by atoms with E-state index in [1.807, 2.05) is 18.2 Å². The number of hydrogen-bond donors (Lipinski definition) is 0. The molecule has 124 valence electrons. The van der Waals surface area contributed by atoms with Gasteiger partial charge in [-0.2, -0.15) is 0 Å². The molecule has 0 saturated carbocycles. The van der Waals surface area contributed by atoms with Gasteiger partial charge in [-0.3, -0.25) is 0 Å². The van der Waals surface area contributed by atoms with Crippen molar-refractivity contribution in [1.82, 2.24) is 0 Å². The van der Waals surface area contributed by atoms with Crippen LogP contribution in [-0.2, 0) is 9.16 Å². The number of benzene rings is 1. The lowest BCUT2D eigenvalue weighted by molar-refractivity contribution is 0.140. The second kappa shape index (κ2) is 8.09. The van der Waals surface area contributed by atoms with Crippen molar-refractivity contribution in [1.29, 1.82) is 0 Å². The molecule has 0 N–H and O–H groups in total. The molecule has 0 aliphatic rings. The van der Waals surface area contributed by atoms with Gasteiger partial charge in [0, 0.05) is 7.11 Å². The van der Waals surface area contributed by atoms with E-state index in [9.17, 15) is 0 Å². The molecular formula is C19H32O2Si. The zero-order chi connectivity index (χ0) is 16.8. The molecule has 1 rings (SSSR count).